The van der Waals surface area contributed by atoms with Crippen molar-refractivity contribution in [3.8, 4) is 6.07 Å². The molecule has 1 unspecified atom stereocenters. The van der Waals surface area contributed by atoms with Crippen LogP contribution in [0.5, 0.6) is 0 Å². The second-order valence-corrected chi connectivity index (χ2v) is 7.91. The number of amides is 1. The van der Waals surface area contributed by atoms with Crippen molar-refractivity contribution >= 4 is 21.8 Å². The number of likely N-dealkylation sites (N-methyl/N-ethyl adjacent to an activating group) is 1. The first-order chi connectivity index (χ1) is 12.5. The van der Waals surface area contributed by atoms with Crippen molar-refractivity contribution in [2.24, 2.45) is 5.14 Å². The molecule has 3 N–H and O–H groups in total. The molecule has 0 saturated carbocycles. The Kier molecular flexibility index (Phi) is 6.05. The maximum Gasteiger partial charge on any atom is 0.240 e. The van der Waals surface area contributed by atoms with Gasteiger partial charge in [-0.2, -0.15) is 5.26 Å². The smallest absolute Gasteiger partial charge is 0.240 e. The fourth-order valence-electron chi connectivity index (χ4n) is 2.57. The Morgan fingerprint density at radius 3 is 2.44 bits per heavy atom. The first-order valence-electron chi connectivity index (χ1n) is 8.17. The molecule has 1 aromatic carbocycles. The third kappa shape index (κ3) is 4.74. The van der Waals surface area contributed by atoms with Gasteiger partial charge < -0.3 is 4.42 Å². The van der Waals surface area contributed by atoms with Gasteiger partial charge in [0.05, 0.1) is 11.4 Å². The third-order valence-corrected chi connectivity index (χ3v) is 5.42. The Bertz CT molecular complexity index is 988. The van der Waals surface area contributed by atoms with Crippen LogP contribution in [-0.4, -0.2) is 32.8 Å². The number of nitriles is 1. The summed E-state index contributed by atoms with van der Waals surface area (Å²) in [6, 6.07) is 8.06. The number of hydrogen-bond donors (Lipinski definition) is 2. The molecule has 1 atom stereocenters. The minimum Gasteiger partial charge on any atom is -0.444 e. The first kappa shape index (κ1) is 20.6. The predicted octanol–water partition coefficient (Wildman–Crippen LogP) is 2.05. The molecule has 2 aromatic rings. The van der Waals surface area contributed by atoms with Gasteiger partial charge in [-0.3, -0.25) is 15.0 Å². The average molecular weight is 390 g/mol. The molecule has 0 aliphatic heterocycles. The molecule has 2 rings (SSSR count). The standard InChI is InChI=1S/C18H22N4O4S/c1-11-13(3)26-18(16(11)9-19)21-17(23)10-22(4)12(2)14-5-7-15(8-6-14)27(20,24)25/h5-8,12H,10H2,1-4H3,(H,21,23)(H2,20,24,25). The van der Waals surface area contributed by atoms with E-state index in [-0.39, 0.29) is 29.3 Å². The van der Waals surface area contributed by atoms with Gasteiger partial charge in [-0.05, 0) is 45.5 Å². The fourth-order valence-corrected chi connectivity index (χ4v) is 3.09. The maximum absolute atomic E-state index is 12.3. The Hall–Kier alpha value is -2.67. The van der Waals surface area contributed by atoms with Crippen molar-refractivity contribution in [1.82, 2.24) is 4.90 Å². The Labute approximate surface area is 158 Å². The van der Waals surface area contributed by atoms with Crippen LogP contribution >= 0.6 is 0 Å². The number of furan rings is 1. The van der Waals surface area contributed by atoms with E-state index in [2.05, 4.69) is 5.32 Å². The van der Waals surface area contributed by atoms with E-state index in [1.54, 1.807) is 37.9 Å². The highest BCUT2D eigenvalue weighted by atomic mass is 32.2. The van der Waals surface area contributed by atoms with Crippen molar-refractivity contribution < 1.29 is 17.6 Å². The van der Waals surface area contributed by atoms with Gasteiger partial charge >= 0.3 is 0 Å². The Balaban J connectivity index is 2.06. The van der Waals surface area contributed by atoms with Crippen LogP contribution in [0.3, 0.4) is 0 Å². The molecule has 1 heterocycles. The number of nitrogens with one attached hydrogen (secondary N) is 1. The summed E-state index contributed by atoms with van der Waals surface area (Å²) in [4.78, 5) is 14.1. The SMILES string of the molecule is Cc1oc(NC(=O)CN(C)C(C)c2ccc(S(N)(=O)=O)cc2)c(C#N)c1C. The number of rotatable bonds is 6. The Morgan fingerprint density at radius 1 is 1.33 bits per heavy atom. The minimum atomic E-state index is -3.74. The van der Waals surface area contributed by atoms with Crippen molar-refractivity contribution in [2.75, 3.05) is 18.9 Å². The molecule has 1 amide bonds. The average Bonchev–Trinajstić information content (AvgIpc) is 2.86. The lowest BCUT2D eigenvalue weighted by atomic mass is 10.1. The number of nitrogens with zero attached hydrogens (tertiary/aromatic N) is 2. The highest BCUT2D eigenvalue weighted by Gasteiger charge is 2.20. The van der Waals surface area contributed by atoms with Crippen LogP contribution in [-0.2, 0) is 14.8 Å². The number of carbonyl (C=O) groups is 1. The van der Waals surface area contributed by atoms with Crippen LogP contribution in [0.4, 0.5) is 5.88 Å². The van der Waals surface area contributed by atoms with Gasteiger partial charge in [-0.25, -0.2) is 13.6 Å². The summed E-state index contributed by atoms with van der Waals surface area (Å²) < 4.78 is 28.1. The number of anilines is 1. The molecule has 9 heteroatoms. The lowest BCUT2D eigenvalue weighted by Crippen LogP contribution is -2.32. The lowest BCUT2D eigenvalue weighted by molar-refractivity contribution is -0.117. The number of sulfonamides is 1. The number of primary sulfonamides is 1. The molecule has 0 saturated heterocycles. The number of benzene rings is 1. The van der Waals surface area contributed by atoms with E-state index in [1.807, 2.05) is 13.0 Å². The normalized spacial score (nSPS) is 12.6. The highest BCUT2D eigenvalue weighted by molar-refractivity contribution is 7.89. The summed E-state index contributed by atoms with van der Waals surface area (Å²) in [7, 11) is -1.98. The van der Waals surface area contributed by atoms with E-state index in [1.165, 1.54) is 12.1 Å². The van der Waals surface area contributed by atoms with Crippen molar-refractivity contribution in [1.29, 1.82) is 5.26 Å². The molecular formula is C18H22N4O4S. The fraction of sp³-hybridized carbons (Fsp3) is 0.333. The van der Waals surface area contributed by atoms with Crippen LogP contribution in [0.2, 0.25) is 0 Å². The second-order valence-electron chi connectivity index (χ2n) is 6.35. The van der Waals surface area contributed by atoms with Gasteiger partial charge in [-0.1, -0.05) is 12.1 Å². The topological polar surface area (TPSA) is 129 Å². The Morgan fingerprint density at radius 2 is 1.93 bits per heavy atom. The van der Waals surface area contributed by atoms with E-state index in [0.29, 0.717) is 16.9 Å². The number of nitrogens with two attached hydrogens (primary N) is 1. The third-order valence-electron chi connectivity index (χ3n) is 4.50. The van der Waals surface area contributed by atoms with Crippen molar-refractivity contribution in [2.45, 2.75) is 31.7 Å². The minimum absolute atomic E-state index is 0.0337. The van der Waals surface area contributed by atoms with Crippen LogP contribution < -0.4 is 10.5 Å². The van der Waals surface area contributed by atoms with E-state index < -0.39 is 10.0 Å². The molecule has 144 valence electrons. The van der Waals surface area contributed by atoms with Gasteiger partial charge in [0, 0.05) is 11.6 Å². The molecule has 0 aliphatic carbocycles. The molecule has 27 heavy (non-hydrogen) atoms. The van der Waals surface area contributed by atoms with Crippen LogP contribution in [0.1, 0.15) is 35.4 Å². The van der Waals surface area contributed by atoms with E-state index in [0.717, 1.165) is 5.56 Å². The molecule has 0 fully saturated rings. The zero-order valence-corrected chi connectivity index (χ0v) is 16.4. The molecule has 0 bridgehead atoms. The quantitative estimate of drug-likeness (QED) is 0.776. The predicted molar refractivity (Wildman–Crippen MR) is 100 cm³/mol. The van der Waals surface area contributed by atoms with Crippen molar-refractivity contribution in [3.63, 3.8) is 0 Å². The number of hydrogen-bond acceptors (Lipinski definition) is 6. The van der Waals surface area contributed by atoms with E-state index in [4.69, 9.17) is 9.56 Å². The zero-order chi connectivity index (χ0) is 20.4. The highest BCUT2D eigenvalue weighted by Crippen LogP contribution is 2.25. The lowest BCUT2D eigenvalue weighted by Gasteiger charge is -2.24. The summed E-state index contributed by atoms with van der Waals surface area (Å²) >= 11 is 0. The molecule has 0 radical (unpaired) electrons. The van der Waals surface area contributed by atoms with E-state index >= 15 is 0 Å². The largest absolute Gasteiger partial charge is 0.444 e. The molecule has 8 nitrogen and oxygen atoms in total. The maximum atomic E-state index is 12.3. The summed E-state index contributed by atoms with van der Waals surface area (Å²) in [5, 5.41) is 16.9. The molecule has 1 aromatic heterocycles. The van der Waals surface area contributed by atoms with Gasteiger partial charge in [0.25, 0.3) is 0 Å². The van der Waals surface area contributed by atoms with Gasteiger partial charge in [-0.15, -0.1) is 0 Å². The number of carbonyl (C=O) groups excluding carboxylic acids is 1. The summed E-state index contributed by atoms with van der Waals surface area (Å²) in [5.74, 6) is 0.408. The van der Waals surface area contributed by atoms with Gasteiger partial charge in [0.1, 0.15) is 17.4 Å². The molecule has 0 aliphatic rings. The zero-order valence-electron chi connectivity index (χ0n) is 15.6. The van der Waals surface area contributed by atoms with Crippen LogP contribution in [0.25, 0.3) is 0 Å². The molecular weight excluding hydrogens is 368 g/mol. The van der Waals surface area contributed by atoms with Crippen molar-refractivity contribution in [3.05, 3.63) is 46.7 Å². The summed E-state index contributed by atoms with van der Waals surface area (Å²) in [6.07, 6.45) is 0. The van der Waals surface area contributed by atoms with Crippen LogP contribution in [0.15, 0.2) is 33.6 Å². The molecule has 0 spiro atoms. The van der Waals surface area contributed by atoms with E-state index in [9.17, 15) is 18.5 Å². The summed E-state index contributed by atoms with van der Waals surface area (Å²) in [5.41, 5.74) is 1.85. The summed E-state index contributed by atoms with van der Waals surface area (Å²) in [6.45, 7) is 5.43. The van der Waals surface area contributed by atoms with Crippen LogP contribution in [0, 0.1) is 25.2 Å². The number of aryl methyl sites for hydroxylation is 1. The second kappa shape index (κ2) is 7.92. The first-order valence-corrected chi connectivity index (χ1v) is 9.72. The van der Waals surface area contributed by atoms with Gasteiger partial charge in [0.15, 0.2) is 0 Å². The monoisotopic (exact) mass is 390 g/mol. The van der Waals surface area contributed by atoms with Gasteiger partial charge in [0.2, 0.25) is 21.8 Å².